The van der Waals surface area contributed by atoms with Crippen molar-refractivity contribution in [1.82, 2.24) is 14.4 Å². The van der Waals surface area contributed by atoms with Crippen LogP contribution in [0.15, 0.2) is 53.3 Å². The third-order valence-electron chi connectivity index (χ3n) is 6.22. The number of piperazine rings is 1. The first-order valence-corrected chi connectivity index (χ1v) is 11.4. The maximum atomic E-state index is 13.3. The van der Waals surface area contributed by atoms with Crippen molar-refractivity contribution in [2.75, 3.05) is 51.7 Å². The van der Waals surface area contributed by atoms with Gasteiger partial charge in [-0.3, -0.25) is 9.59 Å². The summed E-state index contributed by atoms with van der Waals surface area (Å²) in [6.45, 7) is 3.26. The van der Waals surface area contributed by atoms with Crippen LogP contribution in [0.25, 0.3) is 10.9 Å². The zero-order chi connectivity index (χ0) is 24.2. The van der Waals surface area contributed by atoms with Crippen LogP contribution >= 0.6 is 0 Å². The number of aryl methyl sites for hydroxylation is 1. The van der Waals surface area contributed by atoms with E-state index in [1.807, 2.05) is 43.3 Å². The Balaban J connectivity index is 1.62. The fourth-order valence-electron chi connectivity index (χ4n) is 4.49. The number of nitriles is 1. The van der Waals surface area contributed by atoms with E-state index in [1.165, 1.54) is 24.3 Å². The van der Waals surface area contributed by atoms with Gasteiger partial charge in [-0.2, -0.15) is 5.26 Å². The zero-order valence-electron chi connectivity index (χ0n) is 19.5. The average molecular weight is 462 g/mol. The summed E-state index contributed by atoms with van der Waals surface area (Å²) in [6, 6.07) is 15.4. The number of hydrogen-bond acceptors (Lipinski definition) is 5. The van der Waals surface area contributed by atoms with Crippen LogP contribution in [0.1, 0.15) is 22.3 Å². The Labute approximate surface area is 198 Å². The van der Waals surface area contributed by atoms with Gasteiger partial charge in [0.1, 0.15) is 17.4 Å². The number of nitrogens with zero attached hydrogens (tertiary/aromatic N) is 5. The molecular formula is C26H28FN5O2. The molecule has 1 aliphatic rings. The number of para-hydroxylation sites is 1. The van der Waals surface area contributed by atoms with Crippen molar-refractivity contribution < 1.29 is 9.18 Å². The minimum atomic E-state index is -0.381. The molecule has 1 aromatic heterocycles. The molecule has 0 radical (unpaired) electrons. The van der Waals surface area contributed by atoms with Gasteiger partial charge >= 0.3 is 0 Å². The third kappa shape index (κ3) is 4.66. The molecule has 0 saturated carbocycles. The lowest BCUT2D eigenvalue weighted by Crippen LogP contribution is -2.49. The number of hydrogen-bond donors (Lipinski definition) is 0. The highest BCUT2D eigenvalue weighted by Gasteiger charge is 2.27. The quantitative estimate of drug-likeness (QED) is 0.565. The van der Waals surface area contributed by atoms with Crippen molar-refractivity contribution in [3.63, 3.8) is 0 Å². The van der Waals surface area contributed by atoms with Gasteiger partial charge in [0.25, 0.3) is 11.5 Å². The molecule has 4 rings (SSSR count). The van der Waals surface area contributed by atoms with Crippen LogP contribution in [0.2, 0.25) is 0 Å². The molecule has 176 valence electrons. The molecule has 0 atom stereocenters. The molecule has 1 fully saturated rings. The highest BCUT2D eigenvalue weighted by molar-refractivity contribution is 5.96. The normalized spacial score (nSPS) is 14.0. The maximum Gasteiger partial charge on any atom is 0.271 e. The van der Waals surface area contributed by atoms with Crippen molar-refractivity contribution in [2.45, 2.75) is 13.0 Å². The minimum Gasteiger partial charge on any atom is -0.366 e. The van der Waals surface area contributed by atoms with Gasteiger partial charge in [0.05, 0.1) is 11.2 Å². The molecule has 1 aliphatic heterocycles. The van der Waals surface area contributed by atoms with Gasteiger partial charge in [-0.1, -0.05) is 18.2 Å². The van der Waals surface area contributed by atoms with E-state index in [-0.39, 0.29) is 22.8 Å². The number of anilines is 1. The summed E-state index contributed by atoms with van der Waals surface area (Å²) in [5, 5.41) is 10.8. The van der Waals surface area contributed by atoms with Gasteiger partial charge < -0.3 is 19.3 Å². The fraction of sp³-hybridized carbons (Fsp3) is 0.346. The molecule has 2 heterocycles. The van der Waals surface area contributed by atoms with Crippen molar-refractivity contribution in [2.24, 2.45) is 0 Å². The van der Waals surface area contributed by atoms with E-state index in [0.29, 0.717) is 44.0 Å². The number of aromatic nitrogens is 1. The lowest BCUT2D eigenvalue weighted by Gasteiger charge is -2.37. The second kappa shape index (κ2) is 10.1. The maximum absolute atomic E-state index is 13.3. The number of pyridine rings is 1. The second-order valence-electron chi connectivity index (χ2n) is 8.75. The first-order valence-electron chi connectivity index (χ1n) is 11.4. The summed E-state index contributed by atoms with van der Waals surface area (Å²) >= 11 is 0. The summed E-state index contributed by atoms with van der Waals surface area (Å²) in [6.07, 6.45) is 0.797. The summed E-state index contributed by atoms with van der Waals surface area (Å²) < 4.78 is 14.9. The van der Waals surface area contributed by atoms with Crippen LogP contribution in [0.5, 0.6) is 0 Å². The number of benzene rings is 2. The summed E-state index contributed by atoms with van der Waals surface area (Å²) in [5.41, 5.74) is 1.76. The molecular weight excluding hydrogens is 433 g/mol. The Morgan fingerprint density at radius 2 is 1.74 bits per heavy atom. The van der Waals surface area contributed by atoms with Gasteiger partial charge in [-0.05, 0) is 57.4 Å². The third-order valence-corrected chi connectivity index (χ3v) is 6.22. The van der Waals surface area contributed by atoms with Crippen LogP contribution < -0.4 is 10.5 Å². The Bertz CT molecular complexity index is 1290. The van der Waals surface area contributed by atoms with Gasteiger partial charge in [0.2, 0.25) is 0 Å². The molecule has 0 N–H and O–H groups in total. The largest absolute Gasteiger partial charge is 0.366 e. The number of carbonyl (C=O) groups is 1. The van der Waals surface area contributed by atoms with Crippen molar-refractivity contribution in [3.8, 4) is 6.07 Å². The average Bonchev–Trinajstić information content (AvgIpc) is 2.85. The Hall–Kier alpha value is -3.70. The van der Waals surface area contributed by atoms with Gasteiger partial charge in [0, 0.05) is 43.7 Å². The van der Waals surface area contributed by atoms with E-state index >= 15 is 0 Å². The number of rotatable bonds is 6. The number of amides is 1. The molecule has 0 unspecified atom stereocenters. The monoisotopic (exact) mass is 461 g/mol. The standard InChI is InChI=1S/C26H28FN5O2/c1-29(2)12-5-13-32-23-7-4-3-6-21(23)24(22(18-28)26(32)34)30-14-16-31(17-15-30)25(33)19-8-10-20(27)11-9-19/h3-4,6-11H,5,12-17H2,1-2H3. The Morgan fingerprint density at radius 1 is 1.06 bits per heavy atom. The van der Waals surface area contributed by atoms with Gasteiger partial charge in [-0.15, -0.1) is 0 Å². The van der Waals surface area contributed by atoms with E-state index in [0.717, 1.165) is 23.9 Å². The van der Waals surface area contributed by atoms with Crippen LogP contribution in [-0.2, 0) is 6.54 Å². The predicted molar refractivity (Wildman–Crippen MR) is 131 cm³/mol. The molecule has 7 nitrogen and oxygen atoms in total. The van der Waals surface area contributed by atoms with E-state index in [9.17, 15) is 19.2 Å². The Kier molecular flexibility index (Phi) is 6.94. The van der Waals surface area contributed by atoms with Crippen molar-refractivity contribution in [1.29, 1.82) is 5.26 Å². The molecule has 1 saturated heterocycles. The molecule has 34 heavy (non-hydrogen) atoms. The highest BCUT2D eigenvalue weighted by Crippen LogP contribution is 2.30. The van der Waals surface area contributed by atoms with E-state index in [2.05, 4.69) is 11.0 Å². The predicted octanol–water partition coefficient (Wildman–Crippen LogP) is 2.93. The smallest absolute Gasteiger partial charge is 0.271 e. The summed E-state index contributed by atoms with van der Waals surface area (Å²) in [4.78, 5) is 32.0. The molecule has 1 amide bonds. The fourth-order valence-corrected chi connectivity index (χ4v) is 4.49. The highest BCUT2D eigenvalue weighted by atomic mass is 19.1. The lowest BCUT2D eigenvalue weighted by molar-refractivity contribution is 0.0747. The molecule has 0 spiro atoms. The van der Waals surface area contributed by atoms with Crippen LogP contribution in [0.3, 0.4) is 0 Å². The topological polar surface area (TPSA) is 72.6 Å². The Morgan fingerprint density at radius 3 is 2.38 bits per heavy atom. The molecule has 8 heteroatoms. The molecule has 0 aliphatic carbocycles. The minimum absolute atomic E-state index is 0.141. The SMILES string of the molecule is CN(C)CCCn1c(=O)c(C#N)c(N2CCN(C(=O)c3ccc(F)cc3)CC2)c2ccccc21. The van der Waals surface area contributed by atoms with Gasteiger partial charge in [-0.25, -0.2) is 4.39 Å². The first-order chi connectivity index (χ1) is 16.4. The summed E-state index contributed by atoms with van der Waals surface area (Å²) in [7, 11) is 3.98. The van der Waals surface area contributed by atoms with E-state index in [4.69, 9.17) is 0 Å². The zero-order valence-corrected chi connectivity index (χ0v) is 19.5. The molecule has 0 bridgehead atoms. The first kappa shape index (κ1) is 23.5. The van der Waals surface area contributed by atoms with Crippen molar-refractivity contribution in [3.05, 3.63) is 75.8 Å². The number of fused-ring (bicyclic) bond motifs is 1. The van der Waals surface area contributed by atoms with Gasteiger partial charge in [0.15, 0.2) is 0 Å². The van der Waals surface area contributed by atoms with Crippen LogP contribution in [0, 0.1) is 17.1 Å². The van der Waals surface area contributed by atoms with Crippen LogP contribution in [0.4, 0.5) is 10.1 Å². The van der Waals surface area contributed by atoms with E-state index in [1.54, 1.807) is 9.47 Å². The second-order valence-corrected chi connectivity index (χ2v) is 8.75. The van der Waals surface area contributed by atoms with Crippen LogP contribution in [-0.4, -0.2) is 67.1 Å². The lowest BCUT2D eigenvalue weighted by atomic mass is 10.1. The summed E-state index contributed by atoms with van der Waals surface area (Å²) in [5.74, 6) is -0.532. The van der Waals surface area contributed by atoms with E-state index < -0.39 is 0 Å². The molecule has 2 aromatic carbocycles. The number of halogens is 1. The number of carbonyl (C=O) groups excluding carboxylic acids is 1. The van der Waals surface area contributed by atoms with Crippen molar-refractivity contribution >= 4 is 22.5 Å². The molecule has 3 aromatic rings.